The van der Waals surface area contributed by atoms with Gasteiger partial charge in [0.1, 0.15) is 23.9 Å². The molecule has 38 heavy (non-hydrogen) atoms. The van der Waals surface area contributed by atoms with Crippen LogP contribution >= 0.6 is 11.6 Å². The number of carbonyl (C=O) groups is 1. The van der Waals surface area contributed by atoms with Gasteiger partial charge in [-0.2, -0.15) is 0 Å². The van der Waals surface area contributed by atoms with Crippen LogP contribution in [0.2, 0.25) is 5.02 Å². The van der Waals surface area contributed by atoms with Gasteiger partial charge in [-0.15, -0.1) is 0 Å². The number of ether oxygens (including phenoxy) is 3. The first-order chi connectivity index (χ1) is 18.0. The Morgan fingerprint density at radius 2 is 1.74 bits per heavy atom. The van der Waals surface area contributed by atoms with E-state index in [1.807, 2.05) is 0 Å². The molecular weight excluding hydrogens is 527 g/mol. The second-order valence-corrected chi connectivity index (χ2v) is 8.96. The Hall–Kier alpha value is -3.34. The standard InChI is InChI=1S/C27H27ClF3NO6/c1-15(33)14-38-21-7-5-16(13-23(21)37-3)20(34)10-11-27(35,26(30)31)24-9-8-22(36-2)25(32-24)17-4-6-19(29)18(28)12-17/h4-9,12-13,15,26,33,35H,10-11,14H2,1-3H3/t15-,27?/m1/s1. The van der Waals surface area contributed by atoms with E-state index in [4.69, 9.17) is 25.8 Å². The Morgan fingerprint density at radius 1 is 1.05 bits per heavy atom. The minimum absolute atomic E-state index is 0.00600. The number of benzene rings is 2. The molecule has 0 aliphatic rings. The van der Waals surface area contributed by atoms with Crippen LogP contribution < -0.4 is 14.2 Å². The minimum atomic E-state index is -3.29. The van der Waals surface area contributed by atoms with E-state index in [2.05, 4.69) is 4.98 Å². The first-order valence-electron chi connectivity index (χ1n) is 11.5. The molecule has 2 atom stereocenters. The maximum Gasteiger partial charge on any atom is 0.272 e. The number of nitrogens with zero attached hydrogens (tertiary/aromatic N) is 1. The normalized spacial score (nSPS) is 13.6. The van der Waals surface area contributed by atoms with E-state index in [0.29, 0.717) is 5.75 Å². The maximum absolute atomic E-state index is 14.2. The number of pyridine rings is 1. The Bertz CT molecular complexity index is 1290. The Labute approximate surface area is 222 Å². The zero-order valence-electron chi connectivity index (χ0n) is 20.9. The second kappa shape index (κ2) is 12.5. The molecule has 0 amide bonds. The van der Waals surface area contributed by atoms with Gasteiger partial charge in [0.2, 0.25) is 0 Å². The molecule has 0 aliphatic heterocycles. The number of alkyl halides is 2. The van der Waals surface area contributed by atoms with Gasteiger partial charge in [0.15, 0.2) is 22.9 Å². The summed E-state index contributed by atoms with van der Waals surface area (Å²) in [5, 5.41) is 20.2. The largest absolute Gasteiger partial charge is 0.494 e. The summed E-state index contributed by atoms with van der Waals surface area (Å²) < 4.78 is 58.0. The molecule has 3 rings (SSSR count). The summed E-state index contributed by atoms with van der Waals surface area (Å²) in [6.07, 6.45) is -5.09. The summed E-state index contributed by atoms with van der Waals surface area (Å²) in [6, 6.07) is 10.5. The van der Waals surface area contributed by atoms with Crippen LogP contribution in [-0.4, -0.2) is 54.3 Å². The molecule has 2 aromatic carbocycles. The molecule has 1 aromatic heterocycles. The fourth-order valence-electron chi connectivity index (χ4n) is 3.67. The summed E-state index contributed by atoms with van der Waals surface area (Å²) >= 11 is 5.87. The van der Waals surface area contributed by atoms with E-state index in [1.54, 1.807) is 6.92 Å². The molecule has 7 nitrogen and oxygen atoms in total. The van der Waals surface area contributed by atoms with E-state index in [-0.39, 0.29) is 39.9 Å². The summed E-state index contributed by atoms with van der Waals surface area (Å²) in [5.41, 5.74) is -2.66. The highest BCUT2D eigenvalue weighted by Gasteiger charge is 2.42. The Kier molecular flexibility index (Phi) is 9.59. The van der Waals surface area contributed by atoms with Gasteiger partial charge in [-0.25, -0.2) is 18.2 Å². The predicted molar refractivity (Wildman–Crippen MR) is 135 cm³/mol. The molecule has 3 aromatic rings. The van der Waals surface area contributed by atoms with Crippen LogP contribution in [0, 0.1) is 5.82 Å². The zero-order valence-corrected chi connectivity index (χ0v) is 21.6. The predicted octanol–water partition coefficient (Wildman–Crippen LogP) is 5.43. The minimum Gasteiger partial charge on any atom is -0.494 e. The molecule has 2 N–H and O–H groups in total. The van der Waals surface area contributed by atoms with E-state index in [0.717, 1.165) is 6.07 Å². The number of halogens is 4. The zero-order chi connectivity index (χ0) is 28.0. The third-order valence-corrected chi connectivity index (χ3v) is 6.06. The van der Waals surface area contributed by atoms with E-state index in [1.165, 1.54) is 56.7 Å². The maximum atomic E-state index is 14.2. The lowest BCUT2D eigenvalue weighted by atomic mass is 9.90. The smallest absolute Gasteiger partial charge is 0.272 e. The average molecular weight is 554 g/mol. The van der Waals surface area contributed by atoms with Crippen molar-refractivity contribution in [1.82, 2.24) is 4.98 Å². The Morgan fingerprint density at radius 3 is 2.34 bits per heavy atom. The number of Topliss-reactive ketones (excluding diaryl/α,β-unsaturated/α-hetero) is 1. The van der Waals surface area contributed by atoms with E-state index < -0.39 is 48.3 Å². The first-order valence-corrected chi connectivity index (χ1v) is 11.9. The third kappa shape index (κ3) is 6.56. The highest BCUT2D eigenvalue weighted by atomic mass is 35.5. The highest BCUT2D eigenvalue weighted by molar-refractivity contribution is 6.31. The molecule has 0 aliphatic carbocycles. The number of hydrogen-bond donors (Lipinski definition) is 2. The topological polar surface area (TPSA) is 98.1 Å². The molecule has 0 saturated carbocycles. The molecule has 0 saturated heterocycles. The SMILES string of the molecule is COc1cc(C(=O)CCC(O)(c2ccc(OC)c(-c3ccc(F)c(Cl)c3)n2)C(F)F)ccc1OC[C@@H](C)O. The van der Waals surface area contributed by atoms with Crippen LogP contribution in [0.5, 0.6) is 17.2 Å². The lowest BCUT2D eigenvalue weighted by Gasteiger charge is -2.27. The van der Waals surface area contributed by atoms with Crippen LogP contribution in [0.3, 0.4) is 0 Å². The highest BCUT2D eigenvalue weighted by Crippen LogP contribution is 2.38. The van der Waals surface area contributed by atoms with Crippen LogP contribution in [0.4, 0.5) is 13.2 Å². The fourth-order valence-corrected chi connectivity index (χ4v) is 3.85. The van der Waals surface area contributed by atoms with Crippen molar-refractivity contribution in [2.24, 2.45) is 0 Å². The van der Waals surface area contributed by atoms with Gasteiger partial charge in [0.05, 0.1) is 31.0 Å². The number of ketones is 1. The average Bonchev–Trinajstić information content (AvgIpc) is 2.91. The van der Waals surface area contributed by atoms with Crippen molar-refractivity contribution in [3.05, 3.63) is 70.6 Å². The number of rotatable bonds is 12. The third-order valence-electron chi connectivity index (χ3n) is 5.77. The van der Waals surface area contributed by atoms with Crippen molar-refractivity contribution in [2.45, 2.75) is 37.9 Å². The fraction of sp³-hybridized carbons (Fsp3) is 0.333. The number of aromatic nitrogens is 1. The van der Waals surface area contributed by atoms with E-state index >= 15 is 0 Å². The lowest BCUT2D eigenvalue weighted by molar-refractivity contribution is -0.109. The number of carbonyl (C=O) groups excluding carboxylic acids is 1. The Balaban J connectivity index is 1.88. The second-order valence-electron chi connectivity index (χ2n) is 8.55. The van der Waals surface area contributed by atoms with Crippen LogP contribution in [0.15, 0.2) is 48.5 Å². The van der Waals surface area contributed by atoms with Gasteiger partial charge < -0.3 is 24.4 Å². The molecule has 0 spiro atoms. The molecule has 0 fully saturated rings. The van der Waals surface area contributed by atoms with Crippen LogP contribution in [-0.2, 0) is 5.60 Å². The molecule has 0 bridgehead atoms. The van der Waals surface area contributed by atoms with Crippen molar-refractivity contribution in [1.29, 1.82) is 0 Å². The van der Waals surface area contributed by atoms with Gasteiger partial charge >= 0.3 is 0 Å². The first kappa shape index (κ1) is 29.2. The van der Waals surface area contributed by atoms with E-state index in [9.17, 15) is 28.2 Å². The molecule has 204 valence electrons. The van der Waals surface area contributed by atoms with Gasteiger partial charge in [0.25, 0.3) is 6.43 Å². The summed E-state index contributed by atoms with van der Waals surface area (Å²) in [5.74, 6) is -0.491. The molecular formula is C27H27ClF3NO6. The lowest BCUT2D eigenvalue weighted by Crippen LogP contribution is -2.36. The summed E-state index contributed by atoms with van der Waals surface area (Å²) in [7, 11) is 2.72. The number of aliphatic hydroxyl groups excluding tert-OH is 1. The molecule has 1 heterocycles. The summed E-state index contributed by atoms with van der Waals surface area (Å²) in [4.78, 5) is 17.1. The van der Waals surface area contributed by atoms with Gasteiger partial charge in [-0.1, -0.05) is 11.6 Å². The van der Waals surface area contributed by atoms with Gasteiger partial charge in [0, 0.05) is 17.5 Å². The number of hydrogen-bond acceptors (Lipinski definition) is 7. The van der Waals surface area contributed by atoms with Gasteiger partial charge in [-0.05, 0) is 61.9 Å². The van der Waals surface area contributed by atoms with Crippen LogP contribution in [0.25, 0.3) is 11.3 Å². The van der Waals surface area contributed by atoms with Gasteiger partial charge in [-0.3, -0.25) is 4.79 Å². The monoisotopic (exact) mass is 553 g/mol. The van der Waals surface area contributed by atoms with Crippen molar-refractivity contribution in [2.75, 3.05) is 20.8 Å². The number of methoxy groups -OCH3 is 2. The summed E-state index contributed by atoms with van der Waals surface area (Å²) in [6.45, 7) is 1.55. The molecule has 1 unspecified atom stereocenters. The number of aliphatic hydroxyl groups is 2. The van der Waals surface area contributed by atoms with Crippen LogP contribution in [0.1, 0.15) is 35.8 Å². The van der Waals surface area contributed by atoms with Crippen molar-refractivity contribution < 1.29 is 42.4 Å². The van der Waals surface area contributed by atoms with Crippen molar-refractivity contribution in [3.63, 3.8) is 0 Å². The molecule has 11 heteroatoms. The molecule has 0 radical (unpaired) electrons. The quantitative estimate of drug-likeness (QED) is 0.288. The van der Waals surface area contributed by atoms with Crippen molar-refractivity contribution in [3.8, 4) is 28.5 Å². The van der Waals surface area contributed by atoms with Crippen molar-refractivity contribution >= 4 is 17.4 Å².